The van der Waals surface area contributed by atoms with Gasteiger partial charge in [0.25, 0.3) is 0 Å². The zero-order chi connectivity index (χ0) is 11.6. The highest BCUT2D eigenvalue weighted by molar-refractivity contribution is 5.01. The van der Waals surface area contributed by atoms with Crippen molar-refractivity contribution >= 4 is 0 Å². The van der Waals surface area contributed by atoms with Crippen molar-refractivity contribution in [2.45, 2.75) is 51.2 Å². The van der Waals surface area contributed by atoms with Crippen LogP contribution in [0.25, 0.3) is 0 Å². The van der Waals surface area contributed by atoms with Crippen molar-refractivity contribution in [3.05, 3.63) is 24.2 Å². The lowest BCUT2D eigenvalue weighted by Crippen LogP contribution is -2.47. The Morgan fingerprint density at radius 1 is 1.56 bits per heavy atom. The fourth-order valence-corrected chi connectivity index (χ4v) is 1.93. The molecule has 90 valence electrons. The molecule has 0 radical (unpaired) electrons. The highest BCUT2D eigenvalue weighted by Gasteiger charge is 2.32. The Morgan fingerprint density at radius 3 is 2.81 bits per heavy atom. The summed E-state index contributed by atoms with van der Waals surface area (Å²) in [5.74, 6) is 1.04. The summed E-state index contributed by atoms with van der Waals surface area (Å²) in [6.07, 6.45) is 5.36. The Labute approximate surface area is 97.6 Å². The van der Waals surface area contributed by atoms with Gasteiger partial charge in [0.15, 0.2) is 0 Å². The van der Waals surface area contributed by atoms with Crippen LogP contribution in [-0.4, -0.2) is 23.0 Å². The van der Waals surface area contributed by atoms with Crippen LogP contribution < -0.4 is 5.73 Å². The van der Waals surface area contributed by atoms with E-state index in [4.69, 9.17) is 10.2 Å². The van der Waals surface area contributed by atoms with Gasteiger partial charge in [0.2, 0.25) is 0 Å². The van der Waals surface area contributed by atoms with Crippen LogP contribution in [0.1, 0.15) is 38.9 Å². The minimum atomic E-state index is -0.0881. The molecule has 0 bridgehead atoms. The first-order valence-corrected chi connectivity index (χ1v) is 6.16. The van der Waals surface area contributed by atoms with Crippen molar-refractivity contribution in [3.8, 4) is 0 Å². The van der Waals surface area contributed by atoms with Crippen molar-refractivity contribution in [3.63, 3.8) is 0 Å². The third-order valence-electron chi connectivity index (χ3n) is 3.37. The summed E-state index contributed by atoms with van der Waals surface area (Å²) in [4.78, 5) is 2.46. The van der Waals surface area contributed by atoms with Crippen LogP contribution >= 0.6 is 0 Å². The molecular formula is C13H22N2O. The van der Waals surface area contributed by atoms with Gasteiger partial charge in [-0.05, 0) is 38.3 Å². The van der Waals surface area contributed by atoms with E-state index >= 15 is 0 Å². The minimum Gasteiger partial charge on any atom is -0.468 e. The summed E-state index contributed by atoms with van der Waals surface area (Å²) >= 11 is 0. The molecule has 1 aromatic heterocycles. The molecule has 3 nitrogen and oxygen atoms in total. The number of nitrogens with two attached hydrogens (primary N) is 1. The highest BCUT2D eigenvalue weighted by atomic mass is 16.3. The van der Waals surface area contributed by atoms with E-state index in [1.165, 1.54) is 12.8 Å². The molecule has 2 N–H and O–H groups in total. The van der Waals surface area contributed by atoms with Gasteiger partial charge in [-0.1, -0.05) is 6.92 Å². The highest BCUT2D eigenvalue weighted by Crippen LogP contribution is 2.29. The molecular weight excluding hydrogens is 200 g/mol. The van der Waals surface area contributed by atoms with Crippen LogP contribution in [0.15, 0.2) is 22.8 Å². The third-order valence-corrected chi connectivity index (χ3v) is 3.37. The van der Waals surface area contributed by atoms with Crippen molar-refractivity contribution in [1.29, 1.82) is 0 Å². The number of nitrogens with zero attached hydrogens (tertiary/aromatic N) is 1. The lowest BCUT2D eigenvalue weighted by molar-refractivity contribution is 0.183. The molecule has 3 heteroatoms. The van der Waals surface area contributed by atoms with Gasteiger partial charge in [0.1, 0.15) is 5.76 Å². The Bertz CT molecular complexity index is 315. The molecule has 0 spiro atoms. The first-order chi connectivity index (χ1) is 7.61. The van der Waals surface area contributed by atoms with Crippen LogP contribution in [0.3, 0.4) is 0 Å². The fourth-order valence-electron chi connectivity index (χ4n) is 1.93. The molecule has 1 saturated carbocycles. The smallest absolute Gasteiger partial charge is 0.117 e. The summed E-state index contributed by atoms with van der Waals surface area (Å²) in [6, 6.07) is 4.70. The normalized spacial score (nSPS) is 20.0. The van der Waals surface area contributed by atoms with Crippen LogP contribution in [0.2, 0.25) is 0 Å². The van der Waals surface area contributed by atoms with Crippen LogP contribution in [-0.2, 0) is 6.54 Å². The number of furan rings is 1. The van der Waals surface area contributed by atoms with E-state index in [0.717, 1.165) is 31.3 Å². The summed E-state index contributed by atoms with van der Waals surface area (Å²) in [5, 5.41) is 0. The lowest BCUT2D eigenvalue weighted by Gasteiger charge is -2.31. The van der Waals surface area contributed by atoms with E-state index in [0.29, 0.717) is 0 Å². The Hall–Kier alpha value is -0.800. The van der Waals surface area contributed by atoms with Gasteiger partial charge in [0, 0.05) is 18.1 Å². The largest absolute Gasteiger partial charge is 0.468 e. The first-order valence-electron chi connectivity index (χ1n) is 6.16. The van der Waals surface area contributed by atoms with E-state index in [1.807, 2.05) is 12.1 Å². The zero-order valence-corrected chi connectivity index (χ0v) is 10.3. The minimum absolute atomic E-state index is 0.0881. The SMILES string of the molecule is CCC(C)(N)CN(Cc1ccco1)C1CC1. The predicted molar refractivity (Wildman–Crippen MR) is 65.0 cm³/mol. The molecule has 0 aromatic carbocycles. The average molecular weight is 222 g/mol. The van der Waals surface area contributed by atoms with Gasteiger partial charge >= 0.3 is 0 Å². The lowest BCUT2D eigenvalue weighted by atomic mass is 9.99. The standard InChI is InChI=1S/C13H22N2O/c1-3-13(2,14)10-15(11-6-7-11)9-12-5-4-8-16-12/h4-5,8,11H,3,6-7,9-10,14H2,1-2H3. The van der Waals surface area contributed by atoms with Crippen LogP contribution in [0, 0.1) is 0 Å². The van der Waals surface area contributed by atoms with Gasteiger partial charge in [-0.25, -0.2) is 0 Å². The molecule has 1 aromatic rings. The molecule has 1 aliphatic carbocycles. The van der Waals surface area contributed by atoms with Crippen LogP contribution in [0.5, 0.6) is 0 Å². The topological polar surface area (TPSA) is 42.4 Å². The molecule has 1 atom stereocenters. The molecule has 1 unspecified atom stereocenters. The second-order valence-electron chi connectivity index (χ2n) is 5.22. The molecule has 1 aliphatic rings. The second-order valence-corrected chi connectivity index (χ2v) is 5.22. The van der Waals surface area contributed by atoms with E-state index in [1.54, 1.807) is 6.26 Å². The maximum atomic E-state index is 6.24. The fraction of sp³-hybridized carbons (Fsp3) is 0.692. The monoisotopic (exact) mass is 222 g/mol. The molecule has 0 amide bonds. The van der Waals surface area contributed by atoms with Gasteiger partial charge < -0.3 is 10.2 Å². The van der Waals surface area contributed by atoms with E-state index in [-0.39, 0.29) is 5.54 Å². The third kappa shape index (κ3) is 3.09. The average Bonchev–Trinajstić information content (AvgIpc) is 2.97. The summed E-state index contributed by atoms with van der Waals surface area (Å²) in [5.41, 5.74) is 6.15. The van der Waals surface area contributed by atoms with E-state index < -0.39 is 0 Å². The molecule has 1 fully saturated rings. The maximum absolute atomic E-state index is 6.24. The number of rotatable bonds is 6. The predicted octanol–water partition coefficient (Wildman–Crippen LogP) is 2.37. The molecule has 16 heavy (non-hydrogen) atoms. The number of hydrogen-bond donors (Lipinski definition) is 1. The second kappa shape index (κ2) is 4.60. The first kappa shape index (κ1) is 11.7. The van der Waals surface area contributed by atoms with E-state index in [9.17, 15) is 0 Å². The van der Waals surface area contributed by atoms with Crippen molar-refractivity contribution in [2.75, 3.05) is 6.54 Å². The molecule has 1 heterocycles. The Balaban J connectivity index is 1.95. The summed E-state index contributed by atoms with van der Waals surface area (Å²) in [6.45, 7) is 6.13. The summed E-state index contributed by atoms with van der Waals surface area (Å²) < 4.78 is 5.41. The number of hydrogen-bond acceptors (Lipinski definition) is 3. The van der Waals surface area contributed by atoms with Gasteiger partial charge in [-0.2, -0.15) is 0 Å². The van der Waals surface area contributed by atoms with Gasteiger partial charge in [0.05, 0.1) is 12.8 Å². The zero-order valence-electron chi connectivity index (χ0n) is 10.3. The van der Waals surface area contributed by atoms with Gasteiger partial charge in [-0.15, -0.1) is 0 Å². The molecule has 0 aliphatic heterocycles. The van der Waals surface area contributed by atoms with Crippen molar-refractivity contribution in [1.82, 2.24) is 4.90 Å². The van der Waals surface area contributed by atoms with E-state index in [2.05, 4.69) is 18.7 Å². The Morgan fingerprint density at radius 2 is 2.31 bits per heavy atom. The van der Waals surface area contributed by atoms with Gasteiger partial charge in [-0.3, -0.25) is 4.90 Å². The van der Waals surface area contributed by atoms with Crippen LogP contribution in [0.4, 0.5) is 0 Å². The molecule has 2 rings (SSSR count). The van der Waals surface area contributed by atoms with Crippen molar-refractivity contribution in [2.24, 2.45) is 5.73 Å². The van der Waals surface area contributed by atoms with Crippen molar-refractivity contribution < 1.29 is 4.42 Å². The summed E-state index contributed by atoms with van der Waals surface area (Å²) in [7, 11) is 0. The maximum Gasteiger partial charge on any atom is 0.117 e. The molecule has 0 saturated heterocycles. The Kier molecular flexibility index (Phi) is 3.36. The quantitative estimate of drug-likeness (QED) is 0.803.